The van der Waals surface area contributed by atoms with Gasteiger partial charge in [0.1, 0.15) is 0 Å². The van der Waals surface area contributed by atoms with Gasteiger partial charge >= 0.3 is 22.1 Å². The van der Waals surface area contributed by atoms with Crippen LogP contribution < -0.4 is 21.8 Å². The molecule has 0 spiro atoms. The number of nitrogens with two attached hydrogens (primary N) is 1. The molecule has 0 aliphatic heterocycles. The van der Waals surface area contributed by atoms with Gasteiger partial charge in [0.25, 0.3) is 11.5 Å². The Morgan fingerprint density at radius 3 is 2.31 bits per heavy atom. The van der Waals surface area contributed by atoms with Crippen molar-refractivity contribution in [3.63, 3.8) is 0 Å². The standard InChI is InChI=1S/C14H13ClF3N5O5S/c1-21(2)29(27,28)20-12(25)8-5-7(3-4-9(8)15)22-11(24)6-10(14(16,17)18)23(19)13(22)26/h3-6H,19H2,1-2H3,(H,20,25). The van der Waals surface area contributed by atoms with Crippen LogP contribution in [-0.2, 0) is 16.4 Å². The van der Waals surface area contributed by atoms with E-state index in [1.165, 1.54) is 0 Å². The van der Waals surface area contributed by atoms with Gasteiger partial charge in [0.05, 0.1) is 16.3 Å². The molecule has 0 saturated heterocycles. The number of nitrogens with zero attached hydrogens (tertiary/aromatic N) is 3. The van der Waals surface area contributed by atoms with E-state index in [0.717, 1.165) is 32.3 Å². The van der Waals surface area contributed by atoms with Crippen molar-refractivity contribution in [1.82, 2.24) is 18.3 Å². The zero-order chi connectivity index (χ0) is 22.3. The number of alkyl halides is 3. The molecule has 1 amide bonds. The highest BCUT2D eigenvalue weighted by Gasteiger charge is 2.35. The van der Waals surface area contributed by atoms with Gasteiger partial charge in [0, 0.05) is 20.2 Å². The van der Waals surface area contributed by atoms with Crippen LogP contribution in [-0.4, -0.2) is 42.0 Å². The summed E-state index contributed by atoms with van der Waals surface area (Å²) in [4.78, 5) is 36.6. The third kappa shape index (κ3) is 4.44. The van der Waals surface area contributed by atoms with Gasteiger partial charge in [0.15, 0.2) is 5.69 Å². The highest BCUT2D eigenvalue weighted by Crippen LogP contribution is 2.26. The van der Waals surface area contributed by atoms with Crippen molar-refractivity contribution < 1.29 is 26.4 Å². The SMILES string of the molecule is CN(C)S(=O)(=O)NC(=O)c1cc(-n2c(=O)cc(C(F)(F)F)n(N)c2=O)ccc1Cl. The third-order valence-corrected chi connectivity index (χ3v) is 5.32. The molecule has 0 saturated carbocycles. The average Bonchev–Trinajstić information content (AvgIpc) is 2.58. The van der Waals surface area contributed by atoms with Gasteiger partial charge < -0.3 is 5.84 Å². The Morgan fingerprint density at radius 1 is 1.21 bits per heavy atom. The predicted molar refractivity (Wildman–Crippen MR) is 96.5 cm³/mol. The number of nitrogen functional groups attached to an aromatic ring is 1. The van der Waals surface area contributed by atoms with Crippen molar-refractivity contribution in [3.8, 4) is 5.69 Å². The molecular weight excluding hydrogens is 443 g/mol. The lowest BCUT2D eigenvalue weighted by atomic mass is 10.2. The molecule has 10 nitrogen and oxygen atoms in total. The maximum Gasteiger partial charge on any atom is 0.433 e. The molecule has 1 aromatic carbocycles. The number of carbonyl (C=O) groups excluding carboxylic acids is 1. The van der Waals surface area contributed by atoms with E-state index in [2.05, 4.69) is 0 Å². The van der Waals surface area contributed by atoms with Crippen LogP contribution in [0.1, 0.15) is 16.1 Å². The second kappa shape index (κ2) is 7.53. The van der Waals surface area contributed by atoms with Gasteiger partial charge in [-0.25, -0.2) is 18.8 Å². The molecule has 0 aliphatic carbocycles. The van der Waals surface area contributed by atoms with Crippen molar-refractivity contribution in [3.05, 3.63) is 61.4 Å². The molecule has 0 bridgehead atoms. The fraction of sp³-hybridized carbons (Fsp3) is 0.214. The van der Waals surface area contributed by atoms with Gasteiger partial charge in [-0.2, -0.15) is 25.9 Å². The van der Waals surface area contributed by atoms with E-state index in [1.54, 1.807) is 4.72 Å². The van der Waals surface area contributed by atoms with E-state index in [9.17, 15) is 36.0 Å². The second-order valence-corrected chi connectivity index (χ2v) is 8.03. The number of hydrogen-bond acceptors (Lipinski definition) is 6. The van der Waals surface area contributed by atoms with E-state index in [-0.39, 0.29) is 26.0 Å². The minimum atomic E-state index is -5.06. The lowest BCUT2D eigenvalue weighted by Gasteiger charge is -2.15. The Balaban J connectivity index is 2.64. The van der Waals surface area contributed by atoms with E-state index < -0.39 is 44.8 Å². The molecule has 2 aromatic rings. The Morgan fingerprint density at radius 2 is 1.79 bits per heavy atom. The lowest BCUT2D eigenvalue weighted by molar-refractivity contribution is -0.143. The van der Waals surface area contributed by atoms with Crippen LogP contribution in [0.2, 0.25) is 5.02 Å². The highest BCUT2D eigenvalue weighted by molar-refractivity contribution is 7.87. The normalized spacial score (nSPS) is 12.2. The third-order valence-electron chi connectivity index (χ3n) is 3.58. The Hall–Kier alpha value is -2.84. The number of hydrogen-bond donors (Lipinski definition) is 2. The molecule has 1 aromatic heterocycles. The molecule has 158 valence electrons. The summed E-state index contributed by atoms with van der Waals surface area (Å²) in [5.41, 5.74) is -5.40. The predicted octanol–water partition coefficient (Wildman–Crippen LogP) is -0.0786. The van der Waals surface area contributed by atoms with Crippen LogP contribution in [0.3, 0.4) is 0 Å². The zero-order valence-electron chi connectivity index (χ0n) is 14.7. The summed E-state index contributed by atoms with van der Waals surface area (Å²) in [6, 6.07) is 3.08. The largest absolute Gasteiger partial charge is 0.433 e. The quantitative estimate of drug-likeness (QED) is 0.619. The molecule has 3 N–H and O–H groups in total. The molecule has 0 unspecified atom stereocenters. The molecular formula is C14H13ClF3N5O5S. The fourth-order valence-electron chi connectivity index (χ4n) is 2.10. The first-order valence-electron chi connectivity index (χ1n) is 7.42. The van der Waals surface area contributed by atoms with Crippen LogP contribution in [0.5, 0.6) is 0 Å². The summed E-state index contributed by atoms with van der Waals surface area (Å²) in [6.07, 6.45) is -5.06. The maximum atomic E-state index is 12.9. The Labute approximate surface area is 166 Å². The summed E-state index contributed by atoms with van der Waals surface area (Å²) >= 11 is 5.87. The average molecular weight is 456 g/mol. The molecule has 0 atom stereocenters. The fourth-order valence-corrected chi connectivity index (χ4v) is 2.83. The molecule has 2 rings (SSSR count). The second-order valence-electron chi connectivity index (χ2n) is 5.74. The van der Waals surface area contributed by atoms with Gasteiger partial charge in [-0.15, -0.1) is 0 Å². The number of nitrogens with one attached hydrogen (secondary N) is 1. The number of carbonyl (C=O) groups is 1. The smallest absolute Gasteiger partial charge is 0.335 e. The first kappa shape index (κ1) is 22.4. The van der Waals surface area contributed by atoms with Gasteiger partial charge in [-0.05, 0) is 18.2 Å². The minimum Gasteiger partial charge on any atom is -0.335 e. The number of halogens is 4. The van der Waals surface area contributed by atoms with E-state index >= 15 is 0 Å². The maximum absolute atomic E-state index is 12.9. The summed E-state index contributed by atoms with van der Waals surface area (Å²) in [5.74, 6) is 3.96. The first-order chi connectivity index (χ1) is 13.2. The summed E-state index contributed by atoms with van der Waals surface area (Å²) in [6.45, 7) is 0. The Bertz CT molecular complexity index is 1200. The van der Waals surface area contributed by atoms with E-state index in [1.807, 2.05) is 0 Å². The number of benzene rings is 1. The van der Waals surface area contributed by atoms with E-state index in [0.29, 0.717) is 4.31 Å². The summed E-state index contributed by atoms with van der Waals surface area (Å²) in [5, 5.41) is -0.242. The topological polar surface area (TPSA) is 136 Å². The summed E-state index contributed by atoms with van der Waals surface area (Å²) in [7, 11) is -1.89. The van der Waals surface area contributed by atoms with Crippen LogP contribution in [0.25, 0.3) is 5.69 Å². The molecule has 29 heavy (non-hydrogen) atoms. The highest BCUT2D eigenvalue weighted by atomic mass is 35.5. The molecule has 0 aliphatic rings. The molecule has 15 heteroatoms. The molecule has 0 radical (unpaired) electrons. The van der Waals surface area contributed by atoms with Crippen molar-refractivity contribution in [2.75, 3.05) is 19.9 Å². The minimum absolute atomic E-state index is 0.103. The molecule has 0 fully saturated rings. The lowest BCUT2D eigenvalue weighted by Crippen LogP contribution is -2.45. The van der Waals surface area contributed by atoms with Crippen LogP contribution in [0, 0.1) is 0 Å². The van der Waals surface area contributed by atoms with Gasteiger partial charge in [-0.3, -0.25) is 9.59 Å². The van der Waals surface area contributed by atoms with Gasteiger partial charge in [-0.1, -0.05) is 11.6 Å². The van der Waals surface area contributed by atoms with Crippen molar-refractivity contribution in [2.45, 2.75) is 6.18 Å². The van der Waals surface area contributed by atoms with Crippen molar-refractivity contribution in [1.29, 1.82) is 0 Å². The number of rotatable bonds is 4. The Kier molecular flexibility index (Phi) is 5.83. The summed E-state index contributed by atoms with van der Waals surface area (Å²) < 4.78 is 64.6. The van der Waals surface area contributed by atoms with Crippen LogP contribution in [0.15, 0.2) is 33.9 Å². The van der Waals surface area contributed by atoms with Crippen LogP contribution >= 0.6 is 11.6 Å². The monoisotopic (exact) mass is 455 g/mol. The molecule has 1 heterocycles. The van der Waals surface area contributed by atoms with E-state index in [4.69, 9.17) is 17.4 Å². The van der Waals surface area contributed by atoms with Crippen molar-refractivity contribution in [2.24, 2.45) is 0 Å². The van der Waals surface area contributed by atoms with Gasteiger partial charge in [0.2, 0.25) is 0 Å². The zero-order valence-corrected chi connectivity index (χ0v) is 16.3. The first-order valence-corrected chi connectivity index (χ1v) is 9.24. The number of aromatic nitrogens is 2. The number of amides is 1. The van der Waals surface area contributed by atoms with Crippen LogP contribution in [0.4, 0.5) is 13.2 Å². The van der Waals surface area contributed by atoms with Crippen molar-refractivity contribution >= 4 is 27.7 Å².